The Labute approximate surface area is 133 Å². The molecule has 0 saturated carbocycles. The molecule has 1 nitrogen and oxygen atoms in total. The fraction of sp³-hybridized carbons (Fsp3) is 0.368. The molecule has 2 rings (SSSR count). The lowest BCUT2D eigenvalue weighted by Gasteiger charge is -2.17. The summed E-state index contributed by atoms with van der Waals surface area (Å²) in [4.78, 5) is 0. The SMILES string of the molecule is CCc1ccc(C(CSCc2cccc(C)c2)NC)cc1. The van der Waals surface area contributed by atoms with E-state index in [1.807, 2.05) is 18.8 Å². The molecule has 0 aliphatic rings. The largest absolute Gasteiger partial charge is 0.312 e. The Hall–Kier alpha value is -1.25. The van der Waals surface area contributed by atoms with E-state index in [2.05, 4.69) is 67.7 Å². The normalized spacial score (nSPS) is 12.3. The summed E-state index contributed by atoms with van der Waals surface area (Å²) in [6.45, 7) is 4.35. The van der Waals surface area contributed by atoms with Crippen molar-refractivity contribution in [1.29, 1.82) is 0 Å². The molecular formula is C19H25NS. The van der Waals surface area contributed by atoms with Crippen molar-refractivity contribution in [2.45, 2.75) is 32.1 Å². The zero-order valence-electron chi connectivity index (χ0n) is 13.2. The molecule has 2 heteroatoms. The molecule has 0 heterocycles. The van der Waals surface area contributed by atoms with Gasteiger partial charge >= 0.3 is 0 Å². The van der Waals surface area contributed by atoms with Gasteiger partial charge in [0.2, 0.25) is 0 Å². The molecule has 0 aliphatic carbocycles. The van der Waals surface area contributed by atoms with Crippen LogP contribution in [0.2, 0.25) is 0 Å². The molecule has 0 bridgehead atoms. The van der Waals surface area contributed by atoms with Gasteiger partial charge in [0.05, 0.1) is 0 Å². The number of rotatable bonds is 7. The standard InChI is InChI=1S/C19H25NS/c1-4-16-8-10-18(11-9-16)19(20-3)14-21-13-17-7-5-6-15(2)12-17/h5-12,19-20H,4,13-14H2,1-3H3. The van der Waals surface area contributed by atoms with Crippen LogP contribution in [0, 0.1) is 6.92 Å². The summed E-state index contributed by atoms with van der Waals surface area (Å²) >= 11 is 1.99. The Balaban J connectivity index is 1.90. The van der Waals surface area contributed by atoms with Crippen LogP contribution in [0.15, 0.2) is 48.5 Å². The predicted molar refractivity (Wildman–Crippen MR) is 95.0 cm³/mol. The number of nitrogens with one attached hydrogen (secondary N) is 1. The molecule has 1 unspecified atom stereocenters. The highest BCUT2D eigenvalue weighted by Crippen LogP contribution is 2.22. The van der Waals surface area contributed by atoms with E-state index in [0.717, 1.165) is 17.9 Å². The average Bonchev–Trinajstić information content (AvgIpc) is 2.52. The van der Waals surface area contributed by atoms with Crippen molar-refractivity contribution < 1.29 is 0 Å². The molecule has 1 atom stereocenters. The van der Waals surface area contributed by atoms with Crippen molar-refractivity contribution in [1.82, 2.24) is 5.32 Å². The van der Waals surface area contributed by atoms with Crippen LogP contribution in [0.4, 0.5) is 0 Å². The monoisotopic (exact) mass is 299 g/mol. The number of hydrogen-bond acceptors (Lipinski definition) is 2. The number of benzene rings is 2. The van der Waals surface area contributed by atoms with Gasteiger partial charge in [0.15, 0.2) is 0 Å². The van der Waals surface area contributed by atoms with Crippen molar-refractivity contribution in [2.75, 3.05) is 12.8 Å². The number of hydrogen-bond donors (Lipinski definition) is 1. The molecule has 0 aliphatic heterocycles. The first kappa shape index (κ1) is 16.1. The van der Waals surface area contributed by atoms with Gasteiger partial charge in [0.1, 0.15) is 0 Å². The Morgan fingerprint density at radius 1 is 1.05 bits per heavy atom. The molecule has 2 aromatic carbocycles. The van der Waals surface area contributed by atoms with E-state index in [-0.39, 0.29) is 0 Å². The van der Waals surface area contributed by atoms with E-state index >= 15 is 0 Å². The summed E-state index contributed by atoms with van der Waals surface area (Å²) in [5.41, 5.74) is 5.54. The number of aryl methyl sites for hydroxylation is 2. The fourth-order valence-electron chi connectivity index (χ4n) is 2.43. The van der Waals surface area contributed by atoms with Gasteiger partial charge < -0.3 is 5.32 Å². The molecule has 2 aromatic rings. The van der Waals surface area contributed by atoms with E-state index in [0.29, 0.717) is 6.04 Å². The molecule has 0 radical (unpaired) electrons. The summed E-state index contributed by atoms with van der Waals surface area (Å²) < 4.78 is 0. The Morgan fingerprint density at radius 2 is 1.81 bits per heavy atom. The molecule has 21 heavy (non-hydrogen) atoms. The summed E-state index contributed by atoms with van der Waals surface area (Å²) in [6, 6.07) is 18.2. The van der Waals surface area contributed by atoms with Gasteiger partial charge in [0.25, 0.3) is 0 Å². The van der Waals surface area contributed by atoms with E-state index in [1.165, 1.54) is 22.3 Å². The van der Waals surface area contributed by atoms with Crippen molar-refractivity contribution in [3.05, 3.63) is 70.8 Å². The number of thioether (sulfide) groups is 1. The first-order valence-corrected chi connectivity index (χ1v) is 8.77. The van der Waals surface area contributed by atoms with E-state index < -0.39 is 0 Å². The van der Waals surface area contributed by atoms with Gasteiger partial charge in [0, 0.05) is 17.5 Å². The smallest absolute Gasteiger partial charge is 0.0409 e. The third kappa shape index (κ3) is 4.90. The van der Waals surface area contributed by atoms with Crippen LogP contribution in [0.1, 0.15) is 35.2 Å². The van der Waals surface area contributed by atoms with E-state index in [4.69, 9.17) is 0 Å². The fourth-order valence-corrected chi connectivity index (χ4v) is 3.56. The molecule has 0 saturated heterocycles. The maximum Gasteiger partial charge on any atom is 0.0409 e. The lowest BCUT2D eigenvalue weighted by molar-refractivity contribution is 0.661. The van der Waals surface area contributed by atoms with Crippen molar-refractivity contribution in [3.8, 4) is 0 Å². The lowest BCUT2D eigenvalue weighted by Crippen LogP contribution is -2.18. The highest BCUT2D eigenvalue weighted by molar-refractivity contribution is 7.98. The highest BCUT2D eigenvalue weighted by Gasteiger charge is 2.09. The van der Waals surface area contributed by atoms with Crippen molar-refractivity contribution >= 4 is 11.8 Å². The van der Waals surface area contributed by atoms with Crippen LogP contribution in [0.5, 0.6) is 0 Å². The molecule has 112 valence electrons. The molecule has 0 amide bonds. The first-order chi connectivity index (χ1) is 10.2. The maximum atomic E-state index is 3.43. The van der Waals surface area contributed by atoms with Crippen LogP contribution in [0.25, 0.3) is 0 Å². The quantitative estimate of drug-likeness (QED) is 0.791. The molecule has 0 aromatic heterocycles. The Kier molecular flexibility index (Phi) is 6.34. The zero-order chi connectivity index (χ0) is 15.1. The summed E-state index contributed by atoms with van der Waals surface area (Å²) in [6.07, 6.45) is 1.10. The highest BCUT2D eigenvalue weighted by atomic mass is 32.2. The maximum absolute atomic E-state index is 3.43. The van der Waals surface area contributed by atoms with E-state index in [1.54, 1.807) is 0 Å². The van der Waals surface area contributed by atoms with E-state index in [9.17, 15) is 0 Å². The van der Waals surface area contributed by atoms with Crippen molar-refractivity contribution in [2.24, 2.45) is 0 Å². The van der Waals surface area contributed by atoms with Gasteiger partial charge in [-0.25, -0.2) is 0 Å². The Morgan fingerprint density at radius 3 is 2.43 bits per heavy atom. The second-order valence-electron chi connectivity index (χ2n) is 5.44. The van der Waals surface area contributed by atoms with Crippen LogP contribution in [0.3, 0.4) is 0 Å². The minimum Gasteiger partial charge on any atom is -0.312 e. The minimum atomic E-state index is 0.422. The third-order valence-corrected chi connectivity index (χ3v) is 4.88. The second-order valence-corrected chi connectivity index (χ2v) is 6.47. The lowest BCUT2D eigenvalue weighted by atomic mass is 10.1. The first-order valence-electron chi connectivity index (χ1n) is 7.62. The summed E-state index contributed by atoms with van der Waals surface area (Å²) in [5, 5.41) is 3.43. The Bertz CT molecular complexity index is 548. The van der Waals surface area contributed by atoms with Gasteiger partial charge in [-0.1, -0.05) is 61.0 Å². The second kappa shape index (κ2) is 8.26. The summed E-state index contributed by atoms with van der Waals surface area (Å²) in [5.74, 6) is 2.17. The molecule has 0 fully saturated rings. The van der Waals surface area contributed by atoms with Gasteiger partial charge in [-0.2, -0.15) is 11.8 Å². The third-order valence-electron chi connectivity index (χ3n) is 3.77. The predicted octanol–water partition coefficient (Wildman–Crippen LogP) is 4.75. The van der Waals surface area contributed by atoms with Gasteiger partial charge in [-0.3, -0.25) is 0 Å². The zero-order valence-corrected chi connectivity index (χ0v) is 14.0. The molecular weight excluding hydrogens is 274 g/mol. The minimum absolute atomic E-state index is 0.422. The van der Waals surface area contributed by atoms with Crippen LogP contribution < -0.4 is 5.32 Å². The average molecular weight is 299 g/mol. The van der Waals surface area contributed by atoms with Crippen LogP contribution >= 0.6 is 11.8 Å². The van der Waals surface area contributed by atoms with Crippen LogP contribution in [-0.2, 0) is 12.2 Å². The topological polar surface area (TPSA) is 12.0 Å². The van der Waals surface area contributed by atoms with Crippen LogP contribution in [-0.4, -0.2) is 12.8 Å². The van der Waals surface area contributed by atoms with Crippen molar-refractivity contribution in [3.63, 3.8) is 0 Å². The molecule has 1 N–H and O–H groups in total. The summed E-state index contributed by atoms with van der Waals surface area (Å²) in [7, 11) is 2.05. The van der Waals surface area contributed by atoms with Gasteiger partial charge in [-0.15, -0.1) is 0 Å². The molecule has 0 spiro atoms. The van der Waals surface area contributed by atoms with Gasteiger partial charge in [-0.05, 0) is 37.1 Å².